The fourth-order valence-electron chi connectivity index (χ4n) is 1.95. The summed E-state index contributed by atoms with van der Waals surface area (Å²) < 4.78 is 0. The summed E-state index contributed by atoms with van der Waals surface area (Å²) in [6.45, 7) is 2.14. The largest absolute Gasteiger partial charge is 0.398 e. The Balaban J connectivity index is 2.52. The van der Waals surface area contributed by atoms with Crippen LogP contribution in [0.1, 0.15) is 11.1 Å². The molecule has 0 saturated heterocycles. The third-order valence-electron chi connectivity index (χ3n) is 2.84. The third-order valence-corrected chi connectivity index (χ3v) is 2.84. The van der Waals surface area contributed by atoms with Gasteiger partial charge in [-0.15, -0.1) is 0 Å². The number of H-pyrrole nitrogens is 1. The van der Waals surface area contributed by atoms with Crippen molar-refractivity contribution in [3.63, 3.8) is 0 Å². The molecule has 0 radical (unpaired) electrons. The number of nitrogens with one attached hydrogen (secondary N) is 1. The number of anilines is 1. The number of benzene rings is 1. The Bertz CT molecular complexity index is 475. The first-order valence-electron chi connectivity index (χ1n) is 5.36. The van der Waals surface area contributed by atoms with E-state index in [9.17, 15) is 0 Å². The fourth-order valence-corrected chi connectivity index (χ4v) is 1.95. The zero-order valence-corrected chi connectivity index (χ0v) is 9.33. The predicted octanol–water partition coefficient (Wildman–Crippen LogP) is 2.11. The van der Waals surface area contributed by atoms with E-state index in [1.807, 2.05) is 37.4 Å². The fraction of sp³-hybridized carbons (Fsp3) is 0.231. The lowest BCUT2D eigenvalue weighted by molar-refractivity contribution is 0.299. The minimum absolute atomic E-state index is 0.124. The Kier molecular flexibility index (Phi) is 2.97. The molecule has 1 heterocycles. The van der Waals surface area contributed by atoms with Crippen LogP contribution < -0.4 is 5.73 Å². The number of nitrogen functional groups attached to an aromatic ring is 1. The van der Waals surface area contributed by atoms with E-state index in [1.165, 1.54) is 0 Å². The average molecular weight is 216 g/mol. The number of rotatable bonds is 3. The molecule has 1 aromatic carbocycles. The van der Waals surface area contributed by atoms with Crippen LogP contribution in [0.4, 0.5) is 5.69 Å². The van der Waals surface area contributed by atoms with Gasteiger partial charge in [-0.1, -0.05) is 12.1 Å². The Morgan fingerprint density at radius 3 is 2.75 bits per heavy atom. The summed E-state index contributed by atoms with van der Waals surface area (Å²) in [4.78, 5) is 3.14. The van der Waals surface area contributed by atoms with Crippen LogP contribution in [-0.2, 0) is 6.42 Å². The Labute approximate surface area is 94.9 Å². The van der Waals surface area contributed by atoms with Crippen LogP contribution in [0, 0.1) is 6.92 Å². The Morgan fingerprint density at radius 1 is 1.31 bits per heavy atom. The van der Waals surface area contributed by atoms with E-state index in [1.54, 1.807) is 0 Å². The van der Waals surface area contributed by atoms with Crippen LogP contribution >= 0.6 is 0 Å². The molecule has 0 aliphatic heterocycles. The number of hydrogen-bond acceptors (Lipinski definition) is 2. The summed E-state index contributed by atoms with van der Waals surface area (Å²) in [7, 11) is 0. The van der Waals surface area contributed by atoms with E-state index in [-0.39, 0.29) is 6.61 Å². The molecule has 0 amide bonds. The van der Waals surface area contributed by atoms with Gasteiger partial charge >= 0.3 is 0 Å². The van der Waals surface area contributed by atoms with Crippen molar-refractivity contribution < 1.29 is 5.11 Å². The summed E-state index contributed by atoms with van der Waals surface area (Å²) in [6, 6.07) is 7.99. The van der Waals surface area contributed by atoms with Crippen molar-refractivity contribution in [3.05, 3.63) is 41.6 Å². The third kappa shape index (κ3) is 1.82. The number of nitrogens with two attached hydrogens (primary N) is 1. The number of aromatic nitrogens is 1. The van der Waals surface area contributed by atoms with Gasteiger partial charge in [0.15, 0.2) is 0 Å². The highest BCUT2D eigenvalue weighted by atomic mass is 16.2. The molecule has 2 aromatic rings. The maximum absolute atomic E-state index is 9.03. The lowest BCUT2D eigenvalue weighted by atomic mass is 9.98. The van der Waals surface area contributed by atoms with Crippen molar-refractivity contribution in [1.82, 2.24) is 4.98 Å². The SMILES string of the molecule is Cc1ccc(-c2ccc[nH]2)c(N)c1CCO. The topological polar surface area (TPSA) is 62.0 Å². The second-order valence-electron chi connectivity index (χ2n) is 3.88. The van der Waals surface area contributed by atoms with Gasteiger partial charge in [0.2, 0.25) is 0 Å². The molecular weight excluding hydrogens is 200 g/mol. The van der Waals surface area contributed by atoms with E-state index >= 15 is 0 Å². The standard InChI is InChI=1S/C13H16N2O/c1-9-4-5-11(12-3-2-7-15-12)13(14)10(9)6-8-16/h2-5,7,15-16H,6,8,14H2,1H3. The van der Waals surface area contributed by atoms with Gasteiger partial charge < -0.3 is 15.8 Å². The van der Waals surface area contributed by atoms with Crippen LogP contribution in [-0.4, -0.2) is 16.7 Å². The molecule has 0 unspecified atom stereocenters. The first-order chi connectivity index (χ1) is 7.74. The Morgan fingerprint density at radius 2 is 2.12 bits per heavy atom. The van der Waals surface area contributed by atoms with Crippen LogP contribution in [0.5, 0.6) is 0 Å². The second-order valence-corrected chi connectivity index (χ2v) is 3.88. The molecule has 2 rings (SSSR count). The van der Waals surface area contributed by atoms with Gasteiger partial charge in [-0.2, -0.15) is 0 Å². The highest BCUT2D eigenvalue weighted by Crippen LogP contribution is 2.29. The number of aliphatic hydroxyl groups is 1. The summed E-state index contributed by atoms with van der Waals surface area (Å²) in [5, 5.41) is 9.03. The molecule has 16 heavy (non-hydrogen) atoms. The molecule has 0 aliphatic carbocycles. The van der Waals surface area contributed by atoms with Crippen molar-refractivity contribution in [2.45, 2.75) is 13.3 Å². The van der Waals surface area contributed by atoms with E-state index in [2.05, 4.69) is 4.98 Å². The number of aliphatic hydroxyl groups excluding tert-OH is 1. The average Bonchev–Trinajstić information content (AvgIpc) is 2.77. The minimum atomic E-state index is 0.124. The first-order valence-corrected chi connectivity index (χ1v) is 5.36. The summed E-state index contributed by atoms with van der Waals surface area (Å²) in [6.07, 6.45) is 2.48. The van der Waals surface area contributed by atoms with Crippen molar-refractivity contribution in [3.8, 4) is 11.3 Å². The number of aromatic amines is 1. The van der Waals surface area contributed by atoms with Crippen LogP contribution in [0.25, 0.3) is 11.3 Å². The smallest absolute Gasteiger partial charge is 0.0474 e. The second kappa shape index (κ2) is 4.41. The monoisotopic (exact) mass is 216 g/mol. The highest BCUT2D eigenvalue weighted by Gasteiger charge is 2.09. The molecule has 0 saturated carbocycles. The van der Waals surface area contributed by atoms with E-state index in [4.69, 9.17) is 10.8 Å². The van der Waals surface area contributed by atoms with Crippen molar-refractivity contribution in [2.75, 3.05) is 12.3 Å². The zero-order chi connectivity index (χ0) is 11.5. The van der Waals surface area contributed by atoms with Crippen molar-refractivity contribution in [2.24, 2.45) is 0 Å². The lowest BCUT2D eigenvalue weighted by Gasteiger charge is -2.12. The number of hydrogen-bond donors (Lipinski definition) is 3. The van der Waals surface area contributed by atoms with E-state index < -0.39 is 0 Å². The van der Waals surface area contributed by atoms with Gasteiger partial charge in [0, 0.05) is 29.7 Å². The van der Waals surface area contributed by atoms with Gasteiger partial charge in [-0.3, -0.25) is 0 Å². The van der Waals surface area contributed by atoms with E-state index in [0.717, 1.165) is 28.1 Å². The van der Waals surface area contributed by atoms with Gasteiger partial charge in [0.25, 0.3) is 0 Å². The molecule has 0 spiro atoms. The van der Waals surface area contributed by atoms with Gasteiger partial charge in [-0.05, 0) is 36.6 Å². The van der Waals surface area contributed by atoms with Crippen LogP contribution in [0.2, 0.25) is 0 Å². The van der Waals surface area contributed by atoms with E-state index in [0.29, 0.717) is 6.42 Å². The predicted molar refractivity (Wildman–Crippen MR) is 66.2 cm³/mol. The normalized spacial score (nSPS) is 10.6. The molecule has 0 bridgehead atoms. The Hall–Kier alpha value is -1.74. The van der Waals surface area contributed by atoms with Gasteiger partial charge in [-0.25, -0.2) is 0 Å². The molecular formula is C13H16N2O. The molecule has 0 atom stereocenters. The zero-order valence-electron chi connectivity index (χ0n) is 9.33. The first kappa shape index (κ1) is 10.8. The highest BCUT2D eigenvalue weighted by molar-refractivity contribution is 5.77. The maximum atomic E-state index is 9.03. The molecule has 0 aliphatic rings. The van der Waals surface area contributed by atoms with Gasteiger partial charge in [0.05, 0.1) is 0 Å². The summed E-state index contributed by atoms with van der Waals surface area (Å²) >= 11 is 0. The molecule has 3 heteroatoms. The van der Waals surface area contributed by atoms with Crippen molar-refractivity contribution in [1.29, 1.82) is 0 Å². The molecule has 3 nitrogen and oxygen atoms in total. The van der Waals surface area contributed by atoms with Gasteiger partial charge in [0.1, 0.15) is 0 Å². The lowest BCUT2D eigenvalue weighted by Crippen LogP contribution is -2.02. The molecule has 84 valence electrons. The molecule has 4 N–H and O–H groups in total. The van der Waals surface area contributed by atoms with Crippen LogP contribution in [0.3, 0.4) is 0 Å². The van der Waals surface area contributed by atoms with Crippen molar-refractivity contribution >= 4 is 5.69 Å². The molecule has 0 fully saturated rings. The maximum Gasteiger partial charge on any atom is 0.0474 e. The van der Waals surface area contributed by atoms with Crippen LogP contribution in [0.15, 0.2) is 30.5 Å². The summed E-state index contributed by atoms with van der Waals surface area (Å²) in [5.41, 5.74) is 11.1. The quantitative estimate of drug-likeness (QED) is 0.688. The molecule has 1 aromatic heterocycles. The summed E-state index contributed by atoms with van der Waals surface area (Å²) in [5.74, 6) is 0. The number of aryl methyl sites for hydroxylation is 1. The minimum Gasteiger partial charge on any atom is -0.398 e.